The number of likely N-dealkylation sites (N-methyl/N-ethyl adjacent to an activating group) is 1. The van der Waals surface area contributed by atoms with E-state index in [0.717, 1.165) is 29.2 Å². The lowest BCUT2D eigenvalue weighted by Crippen LogP contribution is -2.42. The van der Waals surface area contributed by atoms with Crippen LogP contribution in [0.4, 0.5) is 10.5 Å². The van der Waals surface area contributed by atoms with Crippen molar-refractivity contribution in [3.63, 3.8) is 0 Å². The zero-order chi connectivity index (χ0) is 29.4. The van der Waals surface area contributed by atoms with E-state index in [1.165, 1.54) is 22.7 Å². The van der Waals surface area contributed by atoms with E-state index < -0.39 is 12.1 Å². The summed E-state index contributed by atoms with van der Waals surface area (Å²) in [4.78, 5) is 65.4. The summed E-state index contributed by atoms with van der Waals surface area (Å²) >= 11 is 0. The third kappa shape index (κ3) is 8.17. The van der Waals surface area contributed by atoms with Gasteiger partial charge in [-0.3, -0.25) is 19.4 Å². The van der Waals surface area contributed by atoms with E-state index >= 15 is 0 Å². The first-order valence-corrected chi connectivity index (χ1v) is 13.3. The molecule has 0 aliphatic carbocycles. The van der Waals surface area contributed by atoms with Crippen LogP contribution < -0.4 is 10.9 Å². The number of alkyl carbamates (subject to hydrolysis) is 1. The number of nitrogens with one attached hydrogen (secondary N) is 1. The summed E-state index contributed by atoms with van der Waals surface area (Å²) in [5.41, 5.74) is 3.41. The van der Waals surface area contributed by atoms with Crippen LogP contribution in [-0.4, -0.2) is 70.2 Å². The fourth-order valence-corrected chi connectivity index (χ4v) is 4.42. The van der Waals surface area contributed by atoms with Crippen LogP contribution in [0.25, 0.3) is 0 Å². The van der Waals surface area contributed by atoms with Crippen LogP contribution in [0.5, 0.6) is 0 Å². The van der Waals surface area contributed by atoms with Gasteiger partial charge in [-0.05, 0) is 44.2 Å². The molecule has 0 unspecified atom stereocenters. The Hall–Kier alpha value is -4.15. The lowest BCUT2D eigenvalue weighted by molar-refractivity contribution is -0.123. The number of Topliss-reactive ketones (excluding diaryl/α,β-unsaturated/α-hetero) is 1. The van der Waals surface area contributed by atoms with E-state index in [1.54, 1.807) is 38.5 Å². The van der Waals surface area contributed by atoms with E-state index in [2.05, 4.69) is 33.9 Å². The van der Waals surface area contributed by atoms with Gasteiger partial charge in [-0.25, -0.2) is 14.8 Å². The number of ketones is 1. The number of pyridine rings is 1. The predicted octanol–water partition coefficient (Wildman–Crippen LogP) is 2.73. The van der Waals surface area contributed by atoms with Crippen LogP contribution in [0, 0.1) is 12.8 Å². The molecule has 214 valence electrons. The highest BCUT2D eigenvalue weighted by Gasteiger charge is 2.24. The number of carbonyl (C=O) groups is 3. The lowest BCUT2D eigenvalue weighted by Gasteiger charge is -2.16. The van der Waals surface area contributed by atoms with Crippen LogP contribution >= 0.6 is 0 Å². The second kappa shape index (κ2) is 13.8. The number of aromatic nitrogens is 3. The first kappa shape index (κ1) is 30.4. The van der Waals surface area contributed by atoms with Crippen molar-refractivity contribution in [2.75, 3.05) is 21.2 Å². The average Bonchev–Trinajstić information content (AvgIpc) is 3.29. The van der Waals surface area contributed by atoms with E-state index in [-0.39, 0.29) is 36.6 Å². The standard InChI is InChI=1S/C29H38N6O5/c1-18(2)14-23-27-24(31-19(3)30-23)16-21(32-27)17-35-13-9-10-20(28(35)38)15-25(36)22(33-29(39)40-6)11-7-8-12-26(37)34(4)5/h8-10,12-13,18,22H,7,11,14-17H2,1-6H3,(H,33,39)/b12-8+/t22-/m0/s1. The molecule has 11 heteroatoms. The number of aliphatic imine (C=N–C) groups is 1. The van der Waals surface area contributed by atoms with Crippen molar-refractivity contribution in [1.29, 1.82) is 0 Å². The quantitative estimate of drug-likeness (QED) is 0.401. The zero-order valence-corrected chi connectivity index (χ0v) is 24.1. The van der Waals surface area contributed by atoms with Gasteiger partial charge in [-0.15, -0.1) is 0 Å². The number of nitrogens with zero attached hydrogens (tertiary/aromatic N) is 5. The minimum absolute atomic E-state index is 0.162. The molecule has 0 saturated heterocycles. The van der Waals surface area contributed by atoms with E-state index in [0.29, 0.717) is 30.1 Å². The molecule has 0 aromatic carbocycles. The third-order valence-corrected chi connectivity index (χ3v) is 6.39. The number of aryl methyl sites for hydroxylation is 1. The van der Waals surface area contributed by atoms with Gasteiger partial charge >= 0.3 is 6.09 Å². The van der Waals surface area contributed by atoms with Crippen molar-refractivity contribution in [2.24, 2.45) is 10.9 Å². The van der Waals surface area contributed by atoms with Crippen LogP contribution in [0.15, 0.2) is 40.3 Å². The molecule has 0 saturated carbocycles. The van der Waals surface area contributed by atoms with Gasteiger partial charge < -0.3 is 19.5 Å². The number of methoxy groups -OCH3 is 1. The zero-order valence-electron chi connectivity index (χ0n) is 24.1. The molecule has 3 heterocycles. The topological polar surface area (TPSA) is 136 Å². The maximum Gasteiger partial charge on any atom is 0.407 e. The van der Waals surface area contributed by atoms with E-state index in [4.69, 9.17) is 4.99 Å². The second-order valence-corrected chi connectivity index (χ2v) is 10.5. The van der Waals surface area contributed by atoms with E-state index in [1.807, 2.05) is 6.92 Å². The van der Waals surface area contributed by atoms with Crippen molar-refractivity contribution in [1.82, 2.24) is 24.8 Å². The van der Waals surface area contributed by atoms with Crippen LogP contribution in [0.2, 0.25) is 0 Å². The van der Waals surface area contributed by atoms with Crippen LogP contribution in [-0.2, 0) is 40.1 Å². The summed E-state index contributed by atoms with van der Waals surface area (Å²) < 4.78 is 6.20. The van der Waals surface area contributed by atoms with Crippen LogP contribution in [0.3, 0.4) is 0 Å². The highest BCUT2D eigenvalue weighted by atomic mass is 16.5. The molecule has 2 aromatic heterocycles. The molecular formula is C29H38N6O5. The number of hydrogen-bond donors (Lipinski definition) is 1. The fraction of sp³-hybridized carbons (Fsp3) is 0.483. The Labute approximate surface area is 234 Å². The second-order valence-electron chi connectivity index (χ2n) is 10.5. The third-order valence-electron chi connectivity index (χ3n) is 6.39. The average molecular weight is 551 g/mol. The van der Waals surface area contributed by atoms with Gasteiger partial charge in [0.15, 0.2) is 5.78 Å². The number of ether oxygens (including phenoxy) is 1. The maximum absolute atomic E-state index is 13.3. The van der Waals surface area contributed by atoms with Gasteiger partial charge in [0, 0.05) is 44.4 Å². The highest BCUT2D eigenvalue weighted by Crippen LogP contribution is 2.30. The van der Waals surface area contributed by atoms with Gasteiger partial charge in [0.05, 0.1) is 31.1 Å². The largest absolute Gasteiger partial charge is 0.453 e. The predicted molar refractivity (Wildman–Crippen MR) is 152 cm³/mol. The lowest BCUT2D eigenvalue weighted by atomic mass is 10.0. The molecule has 2 aromatic rings. The molecule has 0 radical (unpaired) electrons. The van der Waals surface area contributed by atoms with Crippen molar-refractivity contribution < 1.29 is 19.1 Å². The summed E-state index contributed by atoms with van der Waals surface area (Å²) in [5, 5.41) is 2.54. The maximum atomic E-state index is 13.3. The monoisotopic (exact) mass is 550 g/mol. The molecule has 1 atom stereocenters. The molecule has 40 heavy (non-hydrogen) atoms. The minimum atomic E-state index is -0.880. The summed E-state index contributed by atoms with van der Waals surface area (Å²) in [6.45, 7) is 6.40. The number of amides is 2. The summed E-state index contributed by atoms with van der Waals surface area (Å²) in [6.07, 6.45) is 5.78. The summed E-state index contributed by atoms with van der Waals surface area (Å²) in [5.74, 6) is 0.617. The van der Waals surface area contributed by atoms with Crippen LogP contribution in [0.1, 0.15) is 49.5 Å². The minimum Gasteiger partial charge on any atom is -0.453 e. The first-order chi connectivity index (χ1) is 19.0. The summed E-state index contributed by atoms with van der Waals surface area (Å²) in [6, 6.07) is 2.45. The van der Waals surface area contributed by atoms with Gasteiger partial charge in [0.2, 0.25) is 5.91 Å². The number of hydrogen-bond acceptors (Lipinski definition) is 8. The van der Waals surface area contributed by atoms with Crippen molar-refractivity contribution >= 4 is 29.2 Å². The van der Waals surface area contributed by atoms with Gasteiger partial charge in [-0.2, -0.15) is 0 Å². The Morgan fingerprint density at radius 3 is 2.65 bits per heavy atom. The molecule has 0 fully saturated rings. The Bertz CT molecular complexity index is 1380. The molecule has 1 aliphatic rings. The molecular weight excluding hydrogens is 512 g/mol. The van der Waals surface area contributed by atoms with E-state index in [9.17, 15) is 19.2 Å². The van der Waals surface area contributed by atoms with Crippen molar-refractivity contribution in [2.45, 2.75) is 65.5 Å². The Balaban J connectivity index is 1.74. The normalized spacial score (nSPS) is 13.2. The molecule has 1 N–H and O–H groups in total. The first-order valence-electron chi connectivity index (χ1n) is 13.3. The molecule has 3 rings (SSSR count). The Morgan fingerprint density at radius 1 is 1.23 bits per heavy atom. The van der Waals surface area contributed by atoms with Gasteiger partial charge in [0.1, 0.15) is 11.5 Å². The summed E-state index contributed by atoms with van der Waals surface area (Å²) in [7, 11) is 4.49. The van der Waals surface area contributed by atoms with Crippen molar-refractivity contribution in [3.05, 3.63) is 63.6 Å². The molecule has 2 amide bonds. The molecule has 0 bridgehead atoms. The Kier molecular flexibility index (Phi) is 10.5. The molecule has 1 aliphatic heterocycles. The highest BCUT2D eigenvalue weighted by molar-refractivity contribution is 5.93. The SMILES string of the molecule is COC(=O)N[C@@H](CC/C=C/C(=O)N(C)C)C(=O)Cc1cccn(CC2=Nc3c(nc(C)nc3CC(C)C)C2)c1=O. The Morgan fingerprint density at radius 2 is 1.98 bits per heavy atom. The van der Waals surface area contributed by atoms with Crippen molar-refractivity contribution in [3.8, 4) is 0 Å². The fourth-order valence-electron chi connectivity index (χ4n) is 4.42. The number of rotatable bonds is 12. The van der Waals surface area contributed by atoms with Gasteiger partial charge in [0.25, 0.3) is 5.56 Å². The smallest absolute Gasteiger partial charge is 0.407 e. The molecule has 0 spiro atoms. The number of allylic oxidation sites excluding steroid dienone is 1. The number of carbonyl (C=O) groups excluding carboxylic acids is 3. The molecule has 11 nitrogen and oxygen atoms in total. The van der Waals surface area contributed by atoms with Gasteiger partial charge in [-0.1, -0.05) is 26.0 Å². The number of fused-ring (bicyclic) bond motifs is 1.